The lowest BCUT2D eigenvalue weighted by molar-refractivity contribution is 0.914. The first-order valence-electron chi connectivity index (χ1n) is 23.1. The summed E-state index contributed by atoms with van der Waals surface area (Å²) in [5, 5.41) is 4.89. The van der Waals surface area contributed by atoms with Crippen LogP contribution in [0.15, 0.2) is 260 Å². The van der Waals surface area contributed by atoms with Crippen molar-refractivity contribution in [1.82, 2.24) is 18.3 Å². The van der Waals surface area contributed by atoms with Crippen molar-refractivity contribution in [2.75, 3.05) is 0 Å². The molecule has 0 bridgehead atoms. The molecule has 0 spiro atoms. The second kappa shape index (κ2) is 16.1. The van der Waals surface area contributed by atoms with E-state index in [0.717, 1.165) is 89.6 Å². The summed E-state index contributed by atoms with van der Waals surface area (Å²) in [4.78, 5) is 15.7. The van der Waals surface area contributed by atoms with Crippen molar-refractivity contribution >= 4 is 43.6 Å². The zero-order valence-electron chi connectivity index (χ0n) is 36.9. The molecule has 0 N–H and O–H groups in total. The third-order valence-corrected chi connectivity index (χ3v) is 13.4. The van der Waals surface area contributed by atoms with E-state index in [-0.39, 0.29) is 5.69 Å². The van der Waals surface area contributed by atoms with Crippen LogP contribution in [0.2, 0.25) is 0 Å². The molecule has 10 aromatic carbocycles. The number of para-hydroxylation sites is 4. The summed E-state index contributed by atoms with van der Waals surface area (Å²) in [5.74, 6) is 0. The van der Waals surface area contributed by atoms with Crippen LogP contribution >= 0.6 is 0 Å². The van der Waals surface area contributed by atoms with Gasteiger partial charge in [-0.05, 0) is 95.1 Å². The van der Waals surface area contributed by atoms with E-state index < -0.39 is 0 Å². The first-order chi connectivity index (χ1) is 33.7. The maximum absolute atomic E-state index is 15.7. The maximum Gasteiger partial charge on any atom is 0.338 e. The van der Waals surface area contributed by atoms with Gasteiger partial charge in [0.05, 0.1) is 44.8 Å². The highest BCUT2D eigenvalue weighted by Gasteiger charge is 2.25. The molecule has 68 heavy (non-hydrogen) atoms. The Morgan fingerprint density at radius 2 is 0.471 bits per heavy atom. The molecule has 13 aromatic rings. The Bertz CT molecular complexity index is 3740. The number of rotatable bonds is 8. The van der Waals surface area contributed by atoms with E-state index in [1.807, 2.05) is 57.7 Å². The van der Waals surface area contributed by atoms with E-state index in [1.54, 1.807) is 0 Å². The van der Waals surface area contributed by atoms with Gasteiger partial charge in [0.1, 0.15) is 0 Å². The molecule has 0 amide bonds. The van der Waals surface area contributed by atoms with Gasteiger partial charge in [0.2, 0.25) is 0 Å². The highest BCUT2D eigenvalue weighted by molar-refractivity contribution is 6.10. The van der Waals surface area contributed by atoms with Crippen LogP contribution in [-0.2, 0) is 0 Å². The summed E-state index contributed by atoms with van der Waals surface area (Å²) in [6.07, 6.45) is 0. The largest absolute Gasteiger partial charge is 0.338 e. The first kappa shape index (κ1) is 39.2. The molecule has 0 unspecified atom stereocenters. The van der Waals surface area contributed by atoms with E-state index in [0.29, 0.717) is 0 Å². The number of fused-ring (bicyclic) bond motifs is 6. The van der Waals surface area contributed by atoms with Crippen LogP contribution in [0.4, 0.5) is 0 Å². The van der Waals surface area contributed by atoms with Crippen molar-refractivity contribution in [1.29, 1.82) is 0 Å². The fourth-order valence-electron chi connectivity index (χ4n) is 10.4. The minimum Gasteiger partial charge on any atom is -0.309 e. The molecule has 0 saturated carbocycles. The predicted octanol–water partition coefficient (Wildman–Crippen LogP) is 15.5. The molecule has 3 heterocycles. The molecule has 0 saturated heterocycles. The number of hydrogen-bond donors (Lipinski definition) is 0. The molecule has 0 aliphatic rings. The number of benzene rings is 10. The molecule has 5 heteroatoms. The number of hydrogen-bond acceptors (Lipinski definition) is 1. The van der Waals surface area contributed by atoms with E-state index in [1.165, 1.54) is 21.5 Å². The van der Waals surface area contributed by atoms with Gasteiger partial charge >= 0.3 is 5.69 Å². The predicted molar refractivity (Wildman–Crippen MR) is 282 cm³/mol. The van der Waals surface area contributed by atoms with Gasteiger partial charge in [-0.1, -0.05) is 182 Å². The molecule has 0 aliphatic carbocycles. The average Bonchev–Trinajstić information content (AvgIpc) is 4.05. The van der Waals surface area contributed by atoms with Gasteiger partial charge in [0, 0.05) is 44.0 Å². The summed E-state index contributed by atoms with van der Waals surface area (Å²) in [5.41, 5.74) is 15.8. The highest BCUT2D eigenvalue weighted by atomic mass is 16.1. The SMILES string of the molecule is O=c1n(-c2cccc(-c3cccc(-n4c5ccccc5c5ccccc54)c3)c2)c(-c2ccccc2)c(-c2ccccc2)n1-c1cccc(-c2cccc(-n3c4ccccc4c4ccccc43)c2)c1. The van der Waals surface area contributed by atoms with Crippen LogP contribution in [0.25, 0.3) is 111 Å². The van der Waals surface area contributed by atoms with Gasteiger partial charge in [-0.3, -0.25) is 9.13 Å². The van der Waals surface area contributed by atoms with Crippen molar-refractivity contribution in [3.05, 3.63) is 265 Å². The summed E-state index contributed by atoms with van der Waals surface area (Å²) in [7, 11) is 0. The number of imidazole rings is 1. The van der Waals surface area contributed by atoms with Crippen molar-refractivity contribution in [2.45, 2.75) is 0 Å². The Hall–Kier alpha value is -9.19. The third kappa shape index (κ3) is 6.36. The van der Waals surface area contributed by atoms with Crippen LogP contribution in [0.3, 0.4) is 0 Å². The zero-order valence-corrected chi connectivity index (χ0v) is 36.9. The van der Waals surface area contributed by atoms with Gasteiger partial charge in [-0.25, -0.2) is 4.79 Å². The Labute approximate surface area is 392 Å². The van der Waals surface area contributed by atoms with Crippen LogP contribution in [0.5, 0.6) is 0 Å². The Morgan fingerprint density at radius 1 is 0.221 bits per heavy atom. The van der Waals surface area contributed by atoms with E-state index in [9.17, 15) is 0 Å². The Balaban J connectivity index is 0.979. The summed E-state index contributed by atoms with van der Waals surface area (Å²) in [6, 6.07) is 89.1. The Morgan fingerprint density at radius 3 is 0.779 bits per heavy atom. The molecule has 0 radical (unpaired) electrons. The molecule has 0 aliphatic heterocycles. The first-order valence-corrected chi connectivity index (χ1v) is 23.1. The summed E-state index contributed by atoms with van der Waals surface area (Å²) in [6.45, 7) is 0. The molecule has 320 valence electrons. The molecule has 5 nitrogen and oxygen atoms in total. The van der Waals surface area contributed by atoms with Crippen molar-refractivity contribution in [3.8, 4) is 67.5 Å². The van der Waals surface area contributed by atoms with Gasteiger partial charge in [0.15, 0.2) is 0 Å². The van der Waals surface area contributed by atoms with E-state index >= 15 is 4.79 Å². The van der Waals surface area contributed by atoms with Crippen molar-refractivity contribution in [2.24, 2.45) is 0 Å². The van der Waals surface area contributed by atoms with Crippen molar-refractivity contribution in [3.63, 3.8) is 0 Å². The fourth-order valence-corrected chi connectivity index (χ4v) is 10.4. The van der Waals surface area contributed by atoms with Gasteiger partial charge < -0.3 is 9.13 Å². The van der Waals surface area contributed by atoms with Crippen molar-refractivity contribution < 1.29 is 0 Å². The normalized spacial score (nSPS) is 11.6. The van der Waals surface area contributed by atoms with Crippen LogP contribution in [-0.4, -0.2) is 18.3 Å². The second-order valence-electron chi connectivity index (χ2n) is 17.3. The topological polar surface area (TPSA) is 36.8 Å². The molecule has 3 aromatic heterocycles. The van der Waals surface area contributed by atoms with E-state index in [4.69, 9.17) is 0 Å². The quantitative estimate of drug-likeness (QED) is 0.150. The molecule has 0 atom stereocenters. The second-order valence-corrected chi connectivity index (χ2v) is 17.3. The lowest BCUT2D eigenvalue weighted by atomic mass is 10.0. The zero-order chi connectivity index (χ0) is 45.1. The summed E-state index contributed by atoms with van der Waals surface area (Å²) >= 11 is 0. The minimum absolute atomic E-state index is 0.157. The maximum atomic E-state index is 15.7. The molecule has 13 rings (SSSR count). The summed E-state index contributed by atoms with van der Waals surface area (Å²) < 4.78 is 8.48. The van der Waals surface area contributed by atoms with Gasteiger partial charge in [-0.15, -0.1) is 0 Å². The smallest absolute Gasteiger partial charge is 0.309 e. The Kier molecular flexibility index (Phi) is 9.25. The monoisotopic (exact) mass is 870 g/mol. The molecule has 0 fully saturated rings. The lowest BCUT2D eigenvalue weighted by Gasteiger charge is -2.14. The minimum atomic E-state index is -0.157. The van der Waals surface area contributed by atoms with Gasteiger partial charge in [-0.2, -0.15) is 0 Å². The van der Waals surface area contributed by atoms with E-state index in [2.05, 4.69) is 215 Å². The fraction of sp³-hybridized carbons (Fsp3) is 0. The number of aromatic nitrogens is 4. The third-order valence-electron chi connectivity index (χ3n) is 13.4. The van der Waals surface area contributed by atoms with Crippen LogP contribution in [0.1, 0.15) is 0 Å². The number of nitrogens with zero attached hydrogens (tertiary/aromatic N) is 4. The lowest BCUT2D eigenvalue weighted by Crippen LogP contribution is -2.22. The van der Waals surface area contributed by atoms with Crippen LogP contribution < -0.4 is 5.69 Å². The van der Waals surface area contributed by atoms with Crippen LogP contribution in [0, 0.1) is 0 Å². The average molecular weight is 871 g/mol. The van der Waals surface area contributed by atoms with Gasteiger partial charge in [0.25, 0.3) is 0 Å². The highest BCUT2D eigenvalue weighted by Crippen LogP contribution is 2.39. The standard InChI is InChI=1S/C63H42N4O/c68-63-66(51-29-17-25-47(41-51)45-23-15-27-49(39-45)64-57-35-11-7-31-53(57)54-32-8-12-36-58(54)64)61(43-19-3-1-4-20-43)62(44-21-5-2-6-22-44)67(63)52-30-18-26-48(42-52)46-24-16-28-50(40-46)65-59-37-13-9-33-55(59)56-34-10-14-38-60(56)65/h1-42H. The molecular weight excluding hydrogens is 829 g/mol. The molecular formula is C63H42N4O.